The highest BCUT2D eigenvalue weighted by molar-refractivity contribution is 5.95. The van der Waals surface area contributed by atoms with Crippen LogP contribution in [0.15, 0.2) is 42.1 Å². The molecule has 0 aliphatic carbocycles. The summed E-state index contributed by atoms with van der Waals surface area (Å²) in [4.78, 5) is 11.7. The van der Waals surface area contributed by atoms with E-state index in [4.69, 9.17) is 0 Å². The average Bonchev–Trinajstić information content (AvgIpc) is 2.47. The first-order valence-electron chi connectivity index (χ1n) is 6.51. The van der Waals surface area contributed by atoms with Gasteiger partial charge in [-0.1, -0.05) is 26.5 Å². The average molecular weight is 261 g/mol. The Bertz CT molecular complexity index is 427. The fourth-order valence-corrected chi connectivity index (χ4v) is 1.40. The second kappa shape index (κ2) is 9.88. The molecular weight excluding hydrogens is 238 g/mol. The van der Waals surface area contributed by atoms with Crippen LogP contribution in [0.3, 0.4) is 0 Å². The van der Waals surface area contributed by atoms with Crippen molar-refractivity contribution in [1.82, 2.24) is 5.32 Å². The minimum atomic E-state index is -0.0844. The van der Waals surface area contributed by atoms with Crippen LogP contribution in [-0.2, 0) is 0 Å². The normalized spacial score (nSPS) is 9.47. The highest BCUT2D eigenvalue weighted by atomic mass is 16.1. The fraction of sp³-hybridized carbons (Fsp3) is 0.333. The van der Waals surface area contributed by atoms with E-state index in [0.29, 0.717) is 12.1 Å². The molecule has 0 unspecified atom stereocenters. The summed E-state index contributed by atoms with van der Waals surface area (Å²) in [6.07, 6.45) is 3.26. The van der Waals surface area contributed by atoms with Gasteiger partial charge in [-0.05, 0) is 32.0 Å². The molecule has 1 N–H and O–H groups in total. The van der Waals surface area contributed by atoms with Crippen LogP contribution in [0.5, 0.6) is 0 Å². The molecule has 4 nitrogen and oxygen atoms in total. The zero-order chi connectivity index (χ0) is 14.7. The summed E-state index contributed by atoms with van der Waals surface area (Å²) in [5, 5.41) is 8.49. The van der Waals surface area contributed by atoms with Crippen LogP contribution in [-0.4, -0.2) is 18.7 Å². The predicted octanol–water partition coefficient (Wildman–Crippen LogP) is 3.42. The predicted molar refractivity (Wildman–Crippen MR) is 82.6 cm³/mol. The van der Waals surface area contributed by atoms with E-state index in [-0.39, 0.29) is 5.91 Å². The molecule has 0 aliphatic heterocycles. The topological polar surface area (TPSA) is 44.7 Å². The molecule has 4 heteroatoms. The molecule has 0 saturated heterocycles. The zero-order valence-electron chi connectivity index (χ0n) is 12.2. The van der Waals surface area contributed by atoms with E-state index in [1.165, 1.54) is 0 Å². The van der Waals surface area contributed by atoms with Gasteiger partial charge in [-0.3, -0.25) is 4.79 Å². The van der Waals surface area contributed by atoms with E-state index < -0.39 is 0 Å². The molecule has 19 heavy (non-hydrogen) atoms. The first-order chi connectivity index (χ1) is 9.22. The van der Waals surface area contributed by atoms with Gasteiger partial charge in [-0.2, -0.15) is 5.10 Å². The Kier molecular flexibility index (Phi) is 8.79. The number of amides is 1. The summed E-state index contributed by atoms with van der Waals surface area (Å²) in [6, 6.07) is 7.24. The summed E-state index contributed by atoms with van der Waals surface area (Å²) < 4.78 is 0. The molecule has 0 fully saturated rings. The van der Waals surface area contributed by atoms with Crippen molar-refractivity contribution in [3.63, 3.8) is 0 Å². The van der Waals surface area contributed by atoms with E-state index in [2.05, 4.69) is 17.0 Å². The van der Waals surface area contributed by atoms with Crippen molar-refractivity contribution in [1.29, 1.82) is 0 Å². The molecule has 1 aromatic rings. The smallest absolute Gasteiger partial charge is 0.251 e. The number of nitrogens with zero attached hydrogens (tertiary/aromatic N) is 2. The van der Waals surface area contributed by atoms with Gasteiger partial charge in [-0.25, -0.2) is 5.01 Å². The third kappa shape index (κ3) is 5.38. The molecule has 0 spiro atoms. The lowest BCUT2D eigenvalue weighted by Gasteiger charge is -2.14. The van der Waals surface area contributed by atoms with Crippen LogP contribution in [0.1, 0.15) is 38.1 Å². The second-order valence-corrected chi connectivity index (χ2v) is 3.31. The third-order valence-corrected chi connectivity index (χ3v) is 2.12. The Hall–Kier alpha value is -2.10. The molecule has 0 aliphatic rings. The zero-order valence-corrected chi connectivity index (χ0v) is 12.2. The molecule has 1 amide bonds. The largest absolute Gasteiger partial charge is 0.352 e. The molecule has 0 aromatic heterocycles. The Morgan fingerprint density at radius 1 is 1.47 bits per heavy atom. The quantitative estimate of drug-likeness (QED) is 0.652. The summed E-state index contributed by atoms with van der Waals surface area (Å²) in [5.74, 6) is -0.0844. The molecule has 0 bridgehead atoms. The van der Waals surface area contributed by atoms with E-state index in [9.17, 15) is 4.79 Å². The molecule has 0 radical (unpaired) electrons. The number of benzene rings is 1. The Morgan fingerprint density at radius 2 is 2.16 bits per heavy atom. The van der Waals surface area contributed by atoms with Gasteiger partial charge in [0.15, 0.2) is 0 Å². The van der Waals surface area contributed by atoms with Gasteiger partial charge in [0.2, 0.25) is 0 Å². The highest BCUT2D eigenvalue weighted by Gasteiger charge is 2.06. The van der Waals surface area contributed by atoms with Crippen molar-refractivity contribution in [2.24, 2.45) is 5.10 Å². The lowest BCUT2D eigenvalue weighted by atomic mass is 10.2. The van der Waals surface area contributed by atoms with Crippen LogP contribution >= 0.6 is 0 Å². The number of hydrazone groups is 1. The summed E-state index contributed by atoms with van der Waals surface area (Å²) >= 11 is 0. The SMILES string of the molecule is C=CN(/N=C/C)c1cccc(C(=O)NCC)c1.CC. The van der Waals surface area contributed by atoms with E-state index >= 15 is 0 Å². The minimum Gasteiger partial charge on any atom is -0.352 e. The van der Waals surface area contributed by atoms with Gasteiger partial charge in [0.25, 0.3) is 5.91 Å². The van der Waals surface area contributed by atoms with Crippen molar-refractivity contribution in [2.75, 3.05) is 11.6 Å². The highest BCUT2D eigenvalue weighted by Crippen LogP contribution is 2.16. The molecule has 1 aromatic carbocycles. The molecule has 1 rings (SSSR count). The van der Waals surface area contributed by atoms with E-state index in [1.807, 2.05) is 39.8 Å². The Morgan fingerprint density at radius 3 is 2.68 bits per heavy atom. The summed E-state index contributed by atoms with van der Waals surface area (Å²) in [7, 11) is 0. The van der Waals surface area contributed by atoms with Crippen molar-refractivity contribution in [3.05, 3.63) is 42.6 Å². The van der Waals surface area contributed by atoms with Crippen molar-refractivity contribution in [2.45, 2.75) is 27.7 Å². The van der Waals surface area contributed by atoms with Crippen LogP contribution in [0.4, 0.5) is 5.69 Å². The van der Waals surface area contributed by atoms with Gasteiger partial charge >= 0.3 is 0 Å². The lowest BCUT2D eigenvalue weighted by Crippen LogP contribution is -2.22. The second-order valence-electron chi connectivity index (χ2n) is 3.31. The van der Waals surface area contributed by atoms with E-state index in [0.717, 1.165) is 5.69 Å². The first-order valence-corrected chi connectivity index (χ1v) is 6.51. The van der Waals surface area contributed by atoms with Crippen molar-refractivity contribution in [3.8, 4) is 0 Å². The monoisotopic (exact) mass is 261 g/mol. The van der Waals surface area contributed by atoms with Crippen molar-refractivity contribution < 1.29 is 4.79 Å². The summed E-state index contributed by atoms with van der Waals surface area (Å²) in [6.45, 7) is 12.0. The number of rotatable bonds is 5. The van der Waals surface area contributed by atoms with E-state index in [1.54, 1.807) is 29.6 Å². The van der Waals surface area contributed by atoms with Gasteiger partial charge in [-0.15, -0.1) is 0 Å². The minimum absolute atomic E-state index is 0.0844. The van der Waals surface area contributed by atoms with Gasteiger partial charge in [0.1, 0.15) is 0 Å². The number of hydrogen-bond acceptors (Lipinski definition) is 3. The standard InChI is InChI=1S/C13H17N3O.C2H6/c1-4-14-13(17)11-8-7-9-12(10-11)16(6-3)15-5-2;1-2/h5-10H,3-4H2,1-2H3,(H,14,17);1-2H3/b15-5+;. The fourth-order valence-electron chi connectivity index (χ4n) is 1.40. The molecule has 104 valence electrons. The number of carbonyl (C=O) groups is 1. The number of hydrogen-bond donors (Lipinski definition) is 1. The molecular formula is C15H23N3O. The molecule has 0 heterocycles. The maximum absolute atomic E-state index is 11.7. The molecule has 0 atom stereocenters. The maximum atomic E-state index is 11.7. The Balaban J connectivity index is 0.00000154. The molecule has 0 saturated carbocycles. The number of anilines is 1. The van der Waals surface area contributed by atoms with Gasteiger partial charge in [0, 0.05) is 24.5 Å². The maximum Gasteiger partial charge on any atom is 0.251 e. The third-order valence-electron chi connectivity index (χ3n) is 2.12. The summed E-state index contributed by atoms with van der Waals surface area (Å²) in [5.41, 5.74) is 1.42. The number of nitrogens with one attached hydrogen (secondary N) is 1. The van der Waals surface area contributed by atoms with Crippen molar-refractivity contribution >= 4 is 17.8 Å². The Labute approximate surface area is 115 Å². The van der Waals surface area contributed by atoms with Gasteiger partial charge < -0.3 is 5.32 Å². The van der Waals surface area contributed by atoms with Gasteiger partial charge in [0.05, 0.1) is 5.69 Å². The van der Waals surface area contributed by atoms with Crippen LogP contribution in [0.2, 0.25) is 0 Å². The lowest BCUT2D eigenvalue weighted by molar-refractivity contribution is 0.0956. The number of carbonyl (C=O) groups excluding carboxylic acids is 1. The first kappa shape index (κ1) is 16.9. The van der Waals surface area contributed by atoms with Crippen LogP contribution in [0.25, 0.3) is 0 Å². The van der Waals surface area contributed by atoms with Crippen LogP contribution in [0, 0.1) is 0 Å². The van der Waals surface area contributed by atoms with Crippen LogP contribution < -0.4 is 10.3 Å².